The number of rotatable bonds is 4. The molecule has 2 atom stereocenters. The van der Waals surface area contributed by atoms with Crippen LogP contribution in [-0.2, 0) is 6.54 Å². The van der Waals surface area contributed by atoms with Crippen molar-refractivity contribution in [2.24, 2.45) is 0 Å². The van der Waals surface area contributed by atoms with Crippen LogP contribution in [0, 0.1) is 17.6 Å². The monoisotopic (exact) mass is 442 g/mol. The first-order valence-corrected chi connectivity index (χ1v) is 9.17. The van der Waals surface area contributed by atoms with Crippen LogP contribution in [0.25, 0.3) is 10.9 Å². The van der Waals surface area contributed by atoms with Crippen LogP contribution in [0.15, 0.2) is 36.7 Å². The number of aromatic nitrogens is 2. The van der Waals surface area contributed by atoms with E-state index < -0.39 is 35.7 Å². The quantitative estimate of drug-likeness (QED) is 0.481. The zero-order valence-corrected chi connectivity index (χ0v) is 16.5. The van der Waals surface area contributed by atoms with Gasteiger partial charge in [-0.05, 0) is 42.8 Å². The van der Waals surface area contributed by atoms with E-state index in [0.717, 1.165) is 12.1 Å². The average Bonchev–Trinajstić information content (AvgIpc) is 3.07. The van der Waals surface area contributed by atoms with Gasteiger partial charge in [-0.25, -0.2) is 18.2 Å². The third-order valence-electron chi connectivity index (χ3n) is 5.03. The summed E-state index contributed by atoms with van der Waals surface area (Å²) in [5, 5.41) is 5.27. The van der Waals surface area contributed by atoms with Crippen molar-refractivity contribution in [1.82, 2.24) is 20.2 Å². The van der Waals surface area contributed by atoms with E-state index in [0.29, 0.717) is 18.5 Å². The van der Waals surface area contributed by atoms with Crippen molar-refractivity contribution in [1.29, 1.82) is 0 Å². The molecule has 5 nitrogen and oxygen atoms in total. The highest BCUT2D eigenvalue weighted by molar-refractivity contribution is 6.07. The number of carbonyl (C=O) groups excluding carboxylic acids is 1. The summed E-state index contributed by atoms with van der Waals surface area (Å²) in [4.78, 5) is 16.3. The summed E-state index contributed by atoms with van der Waals surface area (Å²) in [7, 11) is 0. The van der Waals surface area contributed by atoms with Crippen LogP contribution < -0.4 is 10.6 Å². The molecule has 1 aromatic carbocycles. The Kier molecular flexibility index (Phi) is 6.62. The van der Waals surface area contributed by atoms with E-state index in [1.54, 1.807) is 0 Å². The normalized spacial score (nSPS) is 18.8. The molecular formula is C20H19ClF4N4O. The Morgan fingerprint density at radius 3 is 2.73 bits per heavy atom. The number of fused-ring (bicyclic) bond motifs is 1. The van der Waals surface area contributed by atoms with Crippen LogP contribution in [0.5, 0.6) is 0 Å². The zero-order valence-electron chi connectivity index (χ0n) is 15.7. The molecule has 0 bridgehead atoms. The molecule has 1 aliphatic heterocycles. The fourth-order valence-corrected chi connectivity index (χ4v) is 3.63. The first kappa shape index (κ1) is 22.0. The van der Waals surface area contributed by atoms with Gasteiger partial charge in [0, 0.05) is 25.5 Å². The van der Waals surface area contributed by atoms with Crippen molar-refractivity contribution >= 4 is 29.2 Å². The molecule has 4 rings (SSSR count). The topological polar surface area (TPSA) is 59.0 Å². The summed E-state index contributed by atoms with van der Waals surface area (Å²) < 4.78 is 57.9. The van der Waals surface area contributed by atoms with Crippen molar-refractivity contribution in [3.63, 3.8) is 0 Å². The number of benzene rings is 1. The maximum absolute atomic E-state index is 14.5. The number of hydrogen-bond acceptors (Lipinski definition) is 3. The third-order valence-corrected chi connectivity index (χ3v) is 5.03. The maximum atomic E-state index is 14.5. The van der Waals surface area contributed by atoms with Gasteiger partial charge in [-0.15, -0.1) is 12.4 Å². The van der Waals surface area contributed by atoms with Crippen molar-refractivity contribution < 1.29 is 22.4 Å². The molecule has 1 amide bonds. The van der Waals surface area contributed by atoms with Gasteiger partial charge in [0.15, 0.2) is 0 Å². The van der Waals surface area contributed by atoms with Gasteiger partial charge in [-0.3, -0.25) is 4.79 Å². The number of pyridine rings is 1. The van der Waals surface area contributed by atoms with Gasteiger partial charge in [0.1, 0.15) is 17.8 Å². The minimum Gasteiger partial charge on any atom is -0.346 e. The summed E-state index contributed by atoms with van der Waals surface area (Å²) in [6.45, 7) is 0.662. The summed E-state index contributed by atoms with van der Waals surface area (Å²) >= 11 is 0. The first-order chi connectivity index (χ1) is 13.9. The van der Waals surface area contributed by atoms with Gasteiger partial charge in [0.05, 0.1) is 22.5 Å². The molecule has 3 aromatic rings. The predicted molar refractivity (Wildman–Crippen MR) is 106 cm³/mol. The summed E-state index contributed by atoms with van der Waals surface area (Å²) in [5.41, 5.74) is 0.249. The van der Waals surface area contributed by atoms with Crippen LogP contribution in [0.3, 0.4) is 0 Å². The lowest BCUT2D eigenvalue weighted by molar-refractivity contribution is 0.0893. The number of amides is 1. The number of hydrogen-bond donors (Lipinski definition) is 2. The Balaban J connectivity index is 0.00000256. The van der Waals surface area contributed by atoms with Crippen molar-refractivity contribution in [2.45, 2.75) is 25.2 Å². The second-order valence-electron chi connectivity index (χ2n) is 7.00. The lowest BCUT2D eigenvalue weighted by atomic mass is 10.0. The summed E-state index contributed by atoms with van der Waals surface area (Å²) in [6, 6.07) is 3.90. The fraction of sp³-hybridized carbons (Fsp3) is 0.300. The molecule has 2 aromatic heterocycles. The summed E-state index contributed by atoms with van der Waals surface area (Å²) in [5.74, 6) is -2.88. The number of carbonyl (C=O) groups is 1. The lowest BCUT2D eigenvalue weighted by Crippen LogP contribution is -2.50. The number of nitrogens with zero attached hydrogens (tertiary/aromatic N) is 2. The van der Waals surface area contributed by atoms with Crippen molar-refractivity contribution in [2.75, 3.05) is 13.1 Å². The van der Waals surface area contributed by atoms with Gasteiger partial charge in [0.2, 0.25) is 5.95 Å². The Morgan fingerprint density at radius 2 is 2.00 bits per heavy atom. The van der Waals surface area contributed by atoms with Crippen LogP contribution in [-0.4, -0.2) is 40.8 Å². The van der Waals surface area contributed by atoms with E-state index in [1.807, 2.05) is 0 Å². The number of alkyl halides is 1. The summed E-state index contributed by atoms with van der Waals surface area (Å²) in [6.07, 6.45) is 1.68. The molecular weight excluding hydrogens is 424 g/mol. The zero-order chi connectivity index (χ0) is 20.5. The Labute approximate surface area is 175 Å². The van der Waals surface area contributed by atoms with E-state index in [9.17, 15) is 22.4 Å². The lowest BCUT2D eigenvalue weighted by Gasteiger charge is -2.27. The van der Waals surface area contributed by atoms with E-state index in [4.69, 9.17) is 0 Å². The number of nitrogens with one attached hydrogen (secondary N) is 2. The largest absolute Gasteiger partial charge is 0.346 e. The Bertz CT molecular complexity index is 1070. The third kappa shape index (κ3) is 4.27. The molecule has 1 fully saturated rings. The fourth-order valence-electron chi connectivity index (χ4n) is 3.63. The SMILES string of the molecule is Cl.O=C(NC1CCNCC1F)c1cn(Cc2ccnc(F)c2)c2c(F)ccc(F)c12. The minimum atomic E-state index is -1.28. The van der Waals surface area contributed by atoms with E-state index in [-0.39, 0.29) is 42.0 Å². The second-order valence-corrected chi connectivity index (χ2v) is 7.00. The van der Waals surface area contributed by atoms with Gasteiger partial charge >= 0.3 is 0 Å². The molecule has 0 aliphatic carbocycles. The molecule has 1 aliphatic rings. The predicted octanol–water partition coefficient (Wildman–Crippen LogP) is 3.35. The minimum absolute atomic E-state index is 0. The standard InChI is InChI=1S/C20H18F4N4O.ClH/c21-13-1-2-14(22)19-18(13)12(20(29)27-16-4-5-25-8-15(16)23)10-28(19)9-11-3-6-26-17(24)7-11;/h1-3,6-7,10,15-16,25H,4-5,8-9H2,(H,27,29);1H. The average molecular weight is 443 g/mol. The highest BCUT2D eigenvalue weighted by Crippen LogP contribution is 2.28. The van der Waals surface area contributed by atoms with Gasteiger partial charge in [-0.1, -0.05) is 0 Å². The molecule has 0 saturated carbocycles. The molecule has 3 heterocycles. The van der Waals surface area contributed by atoms with E-state index in [1.165, 1.54) is 29.1 Å². The highest BCUT2D eigenvalue weighted by Gasteiger charge is 2.28. The molecule has 10 heteroatoms. The van der Waals surface area contributed by atoms with Crippen LogP contribution >= 0.6 is 12.4 Å². The molecule has 2 unspecified atom stereocenters. The molecule has 160 valence electrons. The maximum Gasteiger partial charge on any atom is 0.253 e. The number of piperidine rings is 1. The molecule has 0 spiro atoms. The molecule has 30 heavy (non-hydrogen) atoms. The molecule has 0 radical (unpaired) electrons. The van der Waals surface area contributed by atoms with Crippen molar-refractivity contribution in [3.05, 3.63) is 65.4 Å². The second kappa shape index (κ2) is 9.01. The van der Waals surface area contributed by atoms with Crippen LogP contribution in [0.1, 0.15) is 22.3 Å². The Morgan fingerprint density at radius 1 is 1.23 bits per heavy atom. The smallest absolute Gasteiger partial charge is 0.253 e. The number of halogens is 5. The highest BCUT2D eigenvalue weighted by atomic mass is 35.5. The van der Waals surface area contributed by atoms with Crippen LogP contribution in [0.4, 0.5) is 17.6 Å². The van der Waals surface area contributed by atoms with Gasteiger partial charge in [0.25, 0.3) is 5.91 Å². The Hall–Kier alpha value is -2.65. The van der Waals surface area contributed by atoms with Crippen LogP contribution in [0.2, 0.25) is 0 Å². The van der Waals surface area contributed by atoms with E-state index >= 15 is 0 Å². The molecule has 1 saturated heterocycles. The van der Waals surface area contributed by atoms with Gasteiger partial charge in [-0.2, -0.15) is 4.39 Å². The van der Waals surface area contributed by atoms with Crippen molar-refractivity contribution in [3.8, 4) is 0 Å². The van der Waals surface area contributed by atoms with E-state index in [2.05, 4.69) is 15.6 Å². The molecule has 2 N–H and O–H groups in total. The first-order valence-electron chi connectivity index (χ1n) is 9.17. The van der Waals surface area contributed by atoms with Gasteiger partial charge < -0.3 is 15.2 Å².